The van der Waals surface area contributed by atoms with Gasteiger partial charge < -0.3 is 5.73 Å². The van der Waals surface area contributed by atoms with E-state index >= 15 is 0 Å². The normalized spacial score (nSPS) is 12.7. The lowest BCUT2D eigenvalue weighted by molar-refractivity contribution is 0.827. The van der Waals surface area contributed by atoms with Crippen molar-refractivity contribution in [2.75, 3.05) is 6.54 Å². The molecule has 0 saturated carbocycles. The smallest absolute Gasteiger partial charge is 0.0309 e. The van der Waals surface area contributed by atoms with E-state index < -0.39 is 0 Å². The molecular formula is C15H19NS. The Morgan fingerprint density at radius 1 is 1.12 bits per heavy atom. The van der Waals surface area contributed by atoms with Gasteiger partial charge in [0.25, 0.3) is 0 Å². The Labute approximate surface area is 107 Å². The number of nitrogens with two attached hydrogens (primary N) is 1. The van der Waals surface area contributed by atoms with Crippen molar-refractivity contribution < 1.29 is 0 Å². The Hall–Kier alpha value is -1.12. The topological polar surface area (TPSA) is 26.0 Å². The van der Waals surface area contributed by atoms with Crippen LogP contribution in [0.3, 0.4) is 0 Å². The fourth-order valence-corrected chi connectivity index (χ4v) is 3.18. The third-order valence-corrected chi connectivity index (χ3v) is 4.26. The van der Waals surface area contributed by atoms with E-state index in [0.717, 1.165) is 0 Å². The van der Waals surface area contributed by atoms with E-state index in [1.165, 1.54) is 26.4 Å². The first-order valence-electron chi connectivity index (χ1n) is 5.95. The monoisotopic (exact) mass is 245 g/mol. The number of benzene rings is 1. The van der Waals surface area contributed by atoms with Crippen LogP contribution in [0.15, 0.2) is 30.3 Å². The predicted molar refractivity (Wildman–Crippen MR) is 75.9 cm³/mol. The molecule has 0 radical (unpaired) electrons. The molecule has 1 heterocycles. The van der Waals surface area contributed by atoms with E-state index in [1.807, 2.05) is 11.3 Å². The summed E-state index contributed by atoms with van der Waals surface area (Å²) in [6.45, 7) is 7.11. The molecule has 0 amide bonds. The van der Waals surface area contributed by atoms with Crippen molar-refractivity contribution in [1.82, 2.24) is 0 Å². The van der Waals surface area contributed by atoms with Gasteiger partial charge in [0.15, 0.2) is 0 Å². The Kier molecular flexibility index (Phi) is 3.65. The minimum absolute atomic E-state index is 0.341. The summed E-state index contributed by atoms with van der Waals surface area (Å²) in [5, 5.41) is 0. The highest BCUT2D eigenvalue weighted by atomic mass is 32.1. The van der Waals surface area contributed by atoms with Crippen molar-refractivity contribution in [1.29, 1.82) is 0 Å². The zero-order valence-electron chi connectivity index (χ0n) is 10.7. The zero-order chi connectivity index (χ0) is 12.4. The van der Waals surface area contributed by atoms with Crippen molar-refractivity contribution in [2.45, 2.75) is 26.7 Å². The van der Waals surface area contributed by atoms with Crippen molar-refractivity contribution in [3.05, 3.63) is 56.8 Å². The van der Waals surface area contributed by atoms with Crippen LogP contribution in [0.5, 0.6) is 0 Å². The third kappa shape index (κ3) is 2.59. The van der Waals surface area contributed by atoms with Gasteiger partial charge in [0, 0.05) is 22.2 Å². The number of thiophene rings is 1. The summed E-state index contributed by atoms with van der Waals surface area (Å²) in [5.74, 6) is 0.341. The van der Waals surface area contributed by atoms with E-state index in [9.17, 15) is 0 Å². The third-order valence-electron chi connectivity index (χ3n) is 3.15. The molecule has 0 bridgehead atoms. The van der Waals surface area contributed by atoms with Gasteiger partial charge in [0.1, 0.15) is 0 Å². The van der Waals surface area contributed by atoms with Gasteiger partial charge in [-0.2, -0.15) is 0 Å². The summed E-state index contributed by atoms with van der Waals surface area (Å²) < 4.78 is 0. The van der Waals surface area contributed by atoms with Gasteiger partial charge in [0.05, 0.1) is 0 Å². The Morgan fingerprint density at radius 3 is 2.47 bits per heavy atom. The number of hydrogen-bond acceptors (Lipinski definition) is 2. The first kappa shape index (κ1) is 12.3. The maximum atomic E-state index is 5.97. The zero-order valence-corrected chi connectivity index (χ0v) is 11.5. The molecule has 1 atom stereocenters. The molecule has 1 aromatic carbocycles. The lowest BCUT2D eigenvalue weighted by Gasteiger charge is -2.17. The lowest BCUT2D eigenvalue weighted by Crippen LogP contribution is -2.14. The molecule has 0 aliphatic heterocycles. The van der Waals surface area contributed by atoms with E-state index in [2.05, 4.69) is 51.1 Å². The minimum Gasteiger partial charge on any atom is -0.329 e. The minimum atomic E-state index is 0.341. The second-order valence-corrected chi connectivity index (χ2v) is 5.92. The molecule has 17 heavy (non-hydrogen) atoms. The first-order valence-corrected chi connectivity index (χ1v) is 6.77. The molecule has 0 spiro atoms. The molecule has 1 unspecified atom stereocenters. The molecule has 2 rings (SSSR count). The molecule has 0 fully saturated rings. The molecule has 2 aromatic rings. The summed E-state index contributed by atoms with van der Waals surface area (Å²) in [7, 11) is 0. The molecule has 1 aromatic heterocycles. The maximum Gasteiger partial charge on any atom is 0.0309 e. The Balaban J connectivity index is 2.45. The molecular weight excluding hydrogens is 226 g/mol. The second kappa shape index (κ2) is 5.03. The molecule has 0 aliphatic carbocycles. The van der Waals surface area contributed by atoms with Crippen LogP contribution in [-0.2, 0) is 0 Å². The van der Waals surface area contributed by atoms with E-state index in [-0.39, 0.29) is 0 Å². The predicted octanol–water partition coefficient (Wildman–Crippen LogP) is 3.76. The maximum absolute atomic E-state index is 5.97. The van der Waals surface area contributed by atoms with Gasteiger partial charge >= 0.3 is 0 Å². The van der Waals surface area contributed by atoms with Gasteiger partial charge in [-0.25, -0.2) is 0 Å². The van der Waals surface area contributed by atoms with Gasteiger partial charge in [-0.15, -0.1) is 11.3 Å². The van der Waals surface area contributed by atoms with E-state index in [1.54, 1.807) is 0 Å². The fourth-order valence-electron chi connectivity index (χ4n) is 2.17. The van der Waals surface area contributed by atoms with Gasteiger partial charge in [0.2, 0.25) is 0 Å². The first-order chi connectivity index (χ1) is 8.11. The summed E-state index contributed by atoms with van der Waals surface area (Å²) >= 11 is 1.85. The average molecular weight is 245 g/mol. The van der Waals surface area contributed by atoms with Crippen LogP contribution in [0.25, 0.3) is 0 Å². The fraction of sp³-hybridized carbons (Fsp3) is 0.333. The van der Waals surface area contributed by atoms with Crippen molar-refractivity contribution in [3.8, 4) is 0 Å². The Bertz CT molecular complexity index is 513. The van der Waals surface area contributed by atoms with Crippen molar-refractivity contribution >= 4 is 11.3 Å². The standard InChI is InChI=1S/C15H19NS/c1-10-4-5-11(2)13(8-10)14(9-16)15-7-6-12(3)17-15/h4-8,14H,9,16H2,1-3H3. The van der Waals surface area contributed by atoms with Crippen LogP contribution in [0, 0.1) is 20.8 Å². The number of rotatable bonds is 3. The largest absolute Gasteiger partial charge is 0.329 e. The highest BCUT2D eigenvalue weighted by Gasteiger charge is 2.16. The SMILES string of the molecule is Cc1ccc(C)c(C(CN)c2ccc(C)s2)c1. The lowest BCUT2D eigenvalue weighted by atomic mass is 9.92. The average Bonchev–Trinajstić information content (AvgIpc) is 2.71. The quantitative estimate of drug-likeness (QED) is 0.875. The van der Waals surface area contributed by atoms with Gasteiger partial charge in [-0.1, -0.05) is 23.8 Å². The molecule has 0 saturated heterocycles. The molecule has 2 N–H and O–H groups in total. The number of aryl methyl sites for hydroxylation is 3. The Morgan fingerprint density at radius 2 is 1.88 bits per heavy atom. The summed E-state index contributed by atoms with van der Waals surface area (Å²) in [6.07, 6.45) is 0. The van der Waals surface area contributed by atoms with Crippen molar-refractivity contribution in [2.24, 2.45) is 5.73 Å². The number of hydrogen-bond donors (Lipinski definition) is 1. The van der Waals surface area contributed by atoms with Crippen LogP contribution in [0.2, 0.25) is 0 Å². The molecule has 1 nitrogen and oxygen atoms in total. The highest BCUT2D eigenvalue weighted by Crippen LogP contribution is 2.31. The molecule has 2 heteroatoms. The van der Waals surface area contributed by atoms with Crippen molar-refractivity contribution in [3.63, 3.8) is 0 Å². The van der Waals surface area contributed by atoms with Crippen LogP contribution in [0.4, 0.5) is 0 Å². The summed E-state index contributed by atoms with van der Waals surface area (Å²) in [5.41, 5.74) is 9.98. The second-order valence-electron chi connectivity index (χ2n) is 4.60. The van der Waals surface area contributed by atoms with Gasteiger partial charge in [-0.05, 0) is 44.0 Å². The van der Waals surface area contributed by atoms with E-state index in [4.69, 9.17) is 5.73 Å². The molecule has 0 aliphatic rings. The van der Waals surface area contributed by atoms with Crippen LogP contribution in [0.1, 0.15) is 32.4 Å². The van der Waals surface area contributed by atoms with Crippen LogP contribution >= 0.6 is 11.3 Å². The van der Waals surface area contributed by atoms with Crippen LogP contribution < -0.4 is 5.73 Å². The van der Waals surface area contributed by atoms with E-state index in [0.29, 0.717) is 12.5 Å². The summed E-state index contributed by atoms with van der Waals surface area (Å²) in [4.78, 5) is 2.72. The molecule has 90 valence electrons. The van der Waals surface area contributed by atoms with Crippen LogP contribution in [-0.4, -0.2) is 6.54 Å². The summed E-state index contributed by atoms with van der Waals surface area (Å²) in [6, 6.07) is 11.0. The van der Waals surface area contributed by atoms with Gasteiger partial charge in [-0.3, -0.25) is 0 Å². The highest BCUT2D eigenvalue weighted by molar-refractivity contribution is 7.12.